The SMILES string of the molecule is COC(=O)C(=N)P(OC)OC. The van der Waals surface area contributed by atoms with Crippen LogP contribution in [0, 0.1) is 5.41 Å². The van der Waals surface area contributed by atoms with Crippen LogP contribution in [-0.4, -0.2) is 32.8 Å². The van der Waals surface area contributed by atoms with Gasteiger partial charge in [0.2, 0.25) is 8.38 Å². The zero-order valence-corrected chi connectivity index (χ0v) is 7.47. The van der Waals surface area contributed by atoms with Crippen LogP contribution in [0.1, 0.15) is 0 Å². The maximum absolute atomic E-state index is 10.7. The van der Waals surface area contributed by atoms with Crippen LogP contribution >= 0.6 is 8.38 Å². The zero-order chi connectivity index (χ0) is 8.85. The summed E-state index contributed by atoms with van der Waals surface area (Å²) in [5.41, 5.74) is -0.285. The maximum atomic E-state index is 10.7. The van der Waals surface area contributed by atoms with Crippen molar-refractivity contribution in [2.24, 2.45) is 0 Å². The number of hydrogen-bond donors (Lipinski definition) is 1. The fourth-order valence-electron chi connectivity index (χ4n) is 0.428. The minimum absolute atomic E-state index is 0.285. The highest BCUT2D eigenvalue weighted by molar-refractivity contribution is 7.69. The highest BCUT2D eigenvalue weighted by Crippen LogP contribution is 2.37. The molecule has 6 heteroatoms. The molecule has 0 bridgehead atoms. The number of nitrogens with one attached hydrogen (secondary N) is 1. The second-order valence-electron chi connectivity index (χ2n) is 1.46. The highest BCUT2D eigenvalue weighted by Gasteiger charge is 2.22. The number of carbonyl (C=O) groups excluding carboxylic acids is 1. The van der Waals surface area contributed by atoms with E-state index >= 15 is 0 Å². The van der Waals surface area contributed by atoms with Gasteiger partial charge in [-0.05, 0) is 0 Å². The van der Waals surface area contributed by atoms with Gasteiger partial charge in [0.1, 0.15) is 0 Å². The van der Waals surface area contributed by atoms with Gasteiger partial charge in [-0.1, -0.05) is 0 Å². The molecule has 0 aliphatic rings. The molecule has 0 saturated carbocycles. The van der Waals surface area contributed by atoms with Gasteiger partial charge in [-0.3, -0.25) is 5.41 Å². The van der Waals surface area contributed by atoms with Crippen molar-refractivity contribution in [3.63, 3.8) is 0 Å². The summed E-state index contributed by atoms with van der Waals surface area (Å²) in [6.07, 6.45) is 0. The molecule has 0 aromatic heterocycles. The maximum Gasteiger partial charge on any atom is 0.361 e. The van der Waals surface area contributed by atoms with Gasteiger partial charge >= 0.3 is 5.97 Å². The molecule has 0 atom stereocenters. The summed E-state index contributed by atoms with van der Waals surface area (Å²) < 4.78 is 13.7. The van der Waals surface area contributed by atoms with E-state index < -0.39 is 14.3 Å². The Hall–Kier alpha value is -0.510. The lowest BCUT2D eigenvalue weighted by Gasteiger charge is -2.10. The average Bonchev–Trinajstić information content (AvgIpc) is 2.05. The quantitative estimate of drug-likeness (QED) is 0.392. The smallest absolute Gasteiger partial charge is 0.361 e. The van der Waals surface area contributed by atoms with E-state index in [1.165, 1.54) is 21.3 Å². The van der Waals surface area contributed by atoms with E-state index in [-0.39, 0.29) is 5.45 Å². The predicted molar refractivity (Wildman–Crippen MR) is 40.7 cm³/mol. The third-order valence-corrected chi connectivity index (χ3v) is 2.10. The van der Waals surface area contributed by atoms with Crippen LogP contribution in [0.25, 0.3) is 0 Å². The van der Waals surface area contributed by atoms with Crippen molar-refractivity contribution in [3.05, 3.63) is 0 Å². The standard InChI is InChI=1S/C5H10NO4P/c1-8-5(7)4(6)11(9-2)10-3/h6H,1-3H3. The van der Waals surface area contributed by atoms with Crippen molar-refractivity contribution in [1.29, 1.82) is 5.41 Å². The number of carbonyl (C=O) groups is 1. The van der Waals surface area contributed by atoms with Crippen molar-refractivity contribution in [3.8, 4) is 0 Å². The second kappa shape index (κ2) is 5.18. The number of esters is 1. The van der Waals surface area contributed by atoms with Gasteiger partial charge in [-0.2, -0.15) is 0 Å². The molecule has 0 aromatic rings. The van der Waals surface area contributed by atoms with E-state index in [1.54, 1.807) is 0 Å². The lowest BCUT2D eigenvalue weighted by Crippen LogP contribution is -2.13. The van der Waals surface area contributed by atoms with Crippen molar-refractivity contribution < 1.29 is 18.6 Å². The number of rotatable bonds is 4. The van der Waals surface area contributed by atoms with Crippen LogP contribution in [0.15, 0.2) is 0 Å². The van der Waals surface area contributed by atoms with Crippen LogP contribution in [0.2, 0.25) is 0 Å². The normalized spacial score (nSPS) is 9.82. The van der Waals surface area contributed by atoms with Gasteiger partial charge in [-0.25, -0.2) is 4.79 Å². The summed E-state index contributed by atoms with van der Waals surface area (Å²) in [5.74, 6) is -0.722. The van der Waals surface area contributed by atoms with E-state index in [2.05, 4.69) is 4.74 Å². The second-order valence-corrected chi connectivity index (χ2v) is 3.15. The fourth-order valence-corrected chi connectivity index (χ4v) is 1.18. The molecule has 64 valence electrons. The van der Waals surface area contributed by atoms with Crippen LogP contribution in [-0.2, 0) is 18.6 Å². The van der Waals surface area contributed by atoms with Crippen LogP contribution in [0.3, 0.4) is 0 Å². The summed E-state index contributed by atoms with van der Waals surface area (Å²) in [7, 11) is 2.39. The molecule has 0 fully saturated rings. The Bertz CT molecular complexity index is 157. The molecule has 0 aliphatic carbocycles. The Labute approximate surface area is 66.1 Å². The third kappa shape index (κ3) is 2.93. The molecule has 0 unspecified atom stereocenters. The Morgan fingerprint density at radius 1 is 1.27 bits per heavy atom. The van der Waals surface area contributed by atoms with E-state index in [0.29, 0.717) is 0 Å². The Morgan fingerprint density at radius 3 is 2.00 bits per heavy atom. The summed E-state index contributed by atoms with van der Waals surface area (Å²) in [5, 5.41) is 7.16. The van der Waals surface area contributed by atoms with Crippen molar-refractivity contribution in [2.75, 3.05) is 21.3 Å². The van der Waals surface area contributed by atoms with Gasteiger partial charge in [0.05, 0.1) is 7.11 Å². The number of methoxy groups -OCH3 is 1. The first-order valence-corrected chi connectivity index (χ1v) is 3.90. The lowest BCUT2D eigenvalue weighted by atomic mass is 10.7. The van der Waals surface area contributed by atoms with Gasteiger partial charge < -0.3 is 13.8 Å². The van der Waals surface area contributed by atoms with Crippen molar-refractivity contribution in [1.82, 2.24) is 0 Å². The summed E-state index contributed by atoms with van der Waals surface area (Å²) >= 11 is 0. The van der Waals surface area contributed by atoms with Crippen LogP contribution in [0.5, 0.6) is 0 Å². The van der Waals surface area contributed by atoms with Crippen LogP contribution in [0.4, 0.5) is 0 Å². The topological polar surface area (TPSA) is 68.6 Å². The highest BCUT2D eigenvalue weighted by atomic mass is 31.2. The van der Waals surface area contributed by atoms with E-state index in [1.807, 2.05) is 0 Å². The molecule has 0 radical (unpaired) electrons. The number of ether oxygens (including phenoxy) is 1. The molecule has 0 saturated heterocycles. The van der Waals surface area contributed by atoms with E-state index in [9.17, 15) is 4.79 Å². The van der Waals surface area contributed by atoms with E-state index in [0.717, 1.165) is 0 Å². The first-order valence-electron chi connectivity index (χ1n) is 2.72. The largest absolute Gasteiger partial charge is 0.464 e. The molecule has 11 heavy (non-hydrogen) atoms. The minimum Gasteiger partial charge on any atom is -0.464 e. The van der Waals surface area contributed by atoms with E-state index in [4.69, 9.17) is 14.5 Å². The Morgan fingerprint density at radius 2 is 1.73 bits per heavy atom. The van der Waals surface area contributed by atoms with Crippen molar-refractivity contribution in [2.45, 2.75) is 0 Å². The van der Waals surface area contributed by atoms with Gasteiger partial charge in [0.25, 0.3) is 0 Å². The summed E-state index contributed by atoms with van der Waals surface area (Å²) in [6.45, 7) is 0. The third-order valence-electron chi connectivity index (χ3n) is 0.893. The van der Waals surface area contributed by atoms with Gasteiger partial charge in [0.15, 0.2) is 5.45 Å². The predicted octanol–water partition coefficient (Wildman–Crippen LogP) is 0.741. The molecule has 0 amide bonds. The molecule has 0 aromatic carbocycles. The van der Waals surface area contributed by atoms with Crippen molar-refractivity contribution >= 4 is 19.8 Å². The minimum atomic E-state index is -1.55. The molecular formula is C5H10NO4P. The monoisotopic (exact) mass is 179 g/mol. The number of hydrogen-bond acceptors (Lipinski definition) is 5. The molecule has 0 spiro atoms. The molecule has 0 rings (SSSR count). The molecule has 1 N–H and O–H groups in total. The first kappa shape index (κ1) is 10.5. The van der Waals surface area contributed by atoms with Gasteiger partial charge in [0, 0.05) is 14.2 Å². The Balaban J connectivity index is 4.09. The van der Waals surface area contributed by atoms with Crippen LogP contribution < -0.4 is 0 Å². The summed E-state index contributed by atoms with van der Waals surface area (Å²) in [4.78, 5) is 10.7. The average molecular weight is 179 g/mol. The fraction of sp³-hybridized carbons (Fsp3) is 0.600. The Kier molecular flexibility index (Phi) is 4.94. The first-order chi connectivity index (χ1) is 5.17. The lowest BCUT2D eigenvalue weighted by molar-refractivity contribution is -0.132. The molecule has 0 aliphatic heterocycles. The zero-order valence-electron chi connectivity index (χ0n) is 6.58. The molecule has 0 heterocycles. The van der Waals surface area contributed by atoms with Gasteiger partial charge in [-0.15, -0.1) is 0 Å². The molecule has 5 nitrogen and oxygen atoms in total. The summed E-state index contributed by atoms with van der Waals surface area (Å²) in [6, 6.07) is 0. The molecular weight excluding hydrogens is 169 g/mol.